The number of aryl methyl sites for hydroxylation is 1. The number of anilines is 1. The third-order valence-corrected chi connectivity index (χ3v) is 6.10. The van der Waals surface area contributed by atoms with Crippen LogP contribution in [-0.2, 0) is 17.8 Å². The summed E-state index contributed by atoms with van der Waals surface area (Å²) in [5.41, 5.74) is 2.67. The van der Waals surface area contributed by atoms with Crippen LogP contribution in [-0.4, -0.2) is 45.9 Å². The molecule has 9 heteroatoms. The fourth-order valence-electron chi connectivity index (χ4n) is 3.45. The Kier molecular flexibility index (Phi) is 6.29. The van der Waals surface area contributed by atoms with Gasteiger partial charge >= 0.3 is 5.97 Å². The van der Waals surface area contributed by atoms with E-state index in [1.165, 1.54) is 18.4 Å². The highest BCUT2D eigenvalue weighted by atomic mass is 32.1. The molecule has 0 bridgehead atoms. The van der Waals surface area contributed by atoms with Gasteiger partial charge in [-0.15, -0.1) is 11.3 Å². The molecule has 0 spiro atoms. The monoisotopic (exact) mass is 449 g/mol. The molecule has 8 nitrogen and oxygen atoms in total. The smallest absolute Gasteiger partial charge is 0.350 e. The Morgan fingerprint density at radius 3 is 2.72 bits per heavy atom. The van der Waals surface area contributed by atoms with Crippen molar-refractivity contribution in [3.05, 3.63) is 76.3 Å². The van der Waals surface area contributed by atoms with Crippen molar-refractivity contribution in [2.24, 2.45) is 0 Å². The van der Waals surface area contributed by atoms with Gasteiger partial charge in [-0.1, -0.05) is 18.2 Å². The molecule has 32 heavy (non-hydrogen) atoms. The molecule has 3 aromatic heterocycles. The van der Waals surface area contributed by atoms with Crippen molar-refractivity contribution in [3.63, 3.8) is 0 Å². The first-order valence-corrected chi connectivity index (χ1v) is 10.8. The summed E-state index contributed by atoms with van der Waals surface area (Å²) in [6.07, 6.45) is 3.51. The highest BCUT2D eigenvalue weighted by Gasteiger charge is 2.23. The number of hydrogen-bond donors (Lipinski definition) is 2. The zero-order chi connectivity index (χ0) is 22.7. The largest absolute Gasteiger partial charge is 0.465 e. The number of thiophene rings is 1. The number of pyridine rings is 1. The third kappa shape index (κ3) is 4.53. The minimum Gasteiger partial charge on any atom is -0.465 e. The lowest BCUT2D eigenvalue weighted by Crippen LogP contribution is -2.18. The summed E-state index contributed by atoms with van der Waals surface area (Å²) in [7, 11) is 3.30. The fourth-order valence-corrected chi connectivity index (χ4v) is 4.51. The fraction of sp³-hybridized carbons (Fsp3) is 0.217. The lowest BCUT2D eigenvalue weighted by Gasteiger charge is -2.14. The van der Waals surface area contributed by atoms with E-state index < -0.39 is 5.97 Å². The van der Waals surface area contributed by atoms with Crippen LogP contribution in [0.3, 0.4) is 0 Å². The van der Waals surface area contributed by atoms with Gasteiger partial charge < -0.3 is 15.0 Å². The van der Waals surface area contributed by atoms with Crippen LogP contribution >= 0.6 is 11.3 Å². The standard InChI is InChI=1S/C23H23N5O3S/c1-14-6-4-5-7-16(14)21(29)27-19-17-9-8-15(12-28(2)13-18-24-10-11-25-18)26-22(17)32-20(19)23(30)31-3/h4-11H,12-13H2,1-3H3,(H,24,25)(H,27,29). The van der Waals surface area contributed by atoms with Crippen LogP contribution in [0.25, 0.3) is 10.2 Å². The Morgan fingerprint density at radius 1 is 1.19 bits per heavy atom. The number of aromatic nitrogens is 3. The van der Waals surface area contributed by atoms with Gasteiger partial charge in [-0.05, 0) is 37.7 Å². The van der Waals surface area contributed by atoms with Crippen LogP contribution in [0.5, 0.6) is 0 Å². The molecular weight excluding hydrogens is 426 g/mol. The normalized spacial score (nSPS) is 11.1. The number of nitrogens with zero attached hydrogens (tertiary/aromatic N) is 3. The summed E-state index contributed by atoms with van der Waals surface area (Å²) < 4.78 is 4.94. The van der Waals surface area contributed by atoms with Crippen molar-refractivity contribution < 1.29 is 14.3 Å². The summed E-state index contributed by atoms with van der Waals surface area (Å²) in [5, 5.41) is 3.61. The maximum Gasteiger partial charge on any atom is 0.350 e. The molecule has 164 valence electrons. The quantitative estimate of drug-likeness (QED) is 0.414. The topological polar surface area (TPSA) is 100 Å². The van der Waals surface area contributed by atoms with E-state index in [1.807, 2.05) is 44.3 Å². The average Bonchev–Trinajstić information content (AvgIpc) is 3.41. The number of ether oxygens (including phenoxy) is 1. The van der Waals surface area contributed by atoms with Crippen LogP contribution in [0.15, 0.2) is 48.8 Å². The highest BCUT2D eigenvalue weighted by Crippen LogP contribution is 2.36. The molecule has 2 N–H and O–H groups in total. The average molecular weight is 450 g/mol. The third-order valence-electron chi connectivity index (χ3n) is 5.02. The molecule has 1 aromatic carbocycles. The van der Waals surface area contributed by atoms with E-state index in [9.17, 15) is 9.59 Å². The van der Waals surface area contributed by atoms with Crippen LogP contribution < -0.4 is 5.32 Å². The maximum absolute atomic E-state index is 12.9. The lowest BCUT2D eigenvalue weighted by atomic mass is 10.1. The number of imidazole rings is 1. The van der Waals surface area contributed by atoms with Gasteiger partial charge in [-0.3, -0.25) is 9.69 Å². The first kappa shape index (κ1) is 21.7. The zero-order valence-electron chi connectivity index (χ0n) is 18.0. The summed E-state index contributed by atoms with van der Waals surface area (Å²) in [5.74, 6) is 0.0821. The summed E-state index contributed by atoms with van der Waals surface area (Å²) in [6, 6.07) is 11.1. The molecule has 4 aromatic rings. The Morgan fingerprint density at radius 2 is 2.00 bits per heavy atom. The Bertz CT molecular complexity index is 1270. The number of methoxy groups -OCH3 is 1. The summed E-state index contributed by atoms with van der Waals surface area (Å²) in [6.45, 7) is 3.13. The molecule has 0 saturated carbocycles. The second kappa shape index (κ2) is 9.29. The van der Waals surface area contributed by atoms with Gasteiger partial charge in [-0.2, -0.15) is 0 Å². The van der Waals surface area contributed by atoms with Gasteiger partial charge in [0.2, 0.25) is 0 Å². The molecule has 3 heterocycles. The van der Waals surface area contributed by atoms with Gasteiger partial charge in [0, 0.05) is 29.9 Å². The first-order valence-electron chi connectivity index (χ1n) is 10.0. The Hall–Kier alpha value is -3.56. The number of carbonyl (C=O) groups is 2. The van der Waals surface area contributed by atoms with E-state index in [4.69, 9.17) is 9.72 Å². The van der Waals surface area contributed by atoms with Crippen molar-refractivity contribution >= 4 is 39.1 Å². The minimum atomic E-state index is -0.510. The molecule has 1 amide bonds. The van der Waals surface area contributed by atoms with E-state index in [2.05, 4.69) is 20.2 Å². The number of nitrogens with one attached hydrogen (secondary N) is 2. The van der Waals surface area contributed by atoms with Crippen LogP contribution in [0, 0.1) is 6.92 Å². The van der Waals surface area contributed by atoms with E-state index in [1.54, 1.807) is 18.5 Å². The first-order chi connectivity index (χ1) is 15.5. The second-order valence-electron chi connectivity index (χ2n) is 7.43. The summed E-state index contributed by atoms with van der Waals surface area (Å²) in [4.78, 5) is 40.5. The molecule has 4 rings (SSSR count). The van der Waals surface area contributed by atoms with Crippen molar-refractivity contribution in [1.82, 2.24) is 19.9 Å². The van der Waals surface area contributed by atoms with E-state index in [-0.39, 0.29) is 5.91 Å². The molecular formula is C23H23N5O3S. The molecule has 0 unspecified atom stereocenters. The van der Waals surface area contributed by atoms with E-state index in [0.29, 0.717) is 39.4 Å². The second-order valence-corrected chi connectivity index (χ2v) is 8.43. The Labute approximate surface area is 189 Å². The molecule has 0 atom stereocenters. The van der Waals surface area contributed by atoms with Gasteiger partial charge in [0.15, 0.2) is 0 Å². The zero-order valence-corrected chi connectivity index (χ0v) is 18.8. The predicted octanol–water partition coefficient (Wildman–Crippen LogP) is 4.00. The van der Waals surface area contributed by atoms with Crippen molar-refractivity contribution in [3.8, 4) is 0 Å². The van der Waals surface area contributed by atoms with Crippen molar-refractivity contribution in [1.29, 1.82) is 0 Å². The van der Waals surface area contributed by atoms with Crippen LogP contribution in [0.2, 0.25) is 0 Å². The van der Waals surface area contributed by atoms with Crippen LogP contribution in [0.4, 0.5) is 5.69 Å². The van der Waals surface area contributed by atoms with Gasteiger partial charge in [-0.25, -0.2) is 14.8 Å². The minimum absolute atomic E-state index is 0.282. The summed E-state index contributed by atoms with van der Waals surface area (Å²) >= 11 is 1.21. The number of aromatic amines is 1. The number of hydrogen-bond acceptors (Lipinski definition) is 7. The molecule has 0 saturated heterocycles. The maximum atomic E-state index is 12.9. The number of esters is 1. The predicted molar refractivity (Wildman–Crippen MR) is 124 cm³/mol. The molecule has 0 aliphatic carbocycles. The molecule has 0 radical (unpaired) electrons. The number of benzene rings is 1. The van der Waals surface area contributed by atoms with Crippen LogP contribution in [0.1, 0.15) is 37.1 Å². The lowest BCUT2D eigenvalue weighted by molar-refractivity contribution is 0.0607. The number of rotatable bonds is 7. The number of fused-ring (bicyclic) bond motifs is 1. The highest BCUT2D eigenvalue weighted by molar-refractivity contribution is 7.21. The van der Waals surface area contributed by atoms with Crippen molar-refractivity contribution in [2.75, 3.05) is 19.5 Å². The van der Waals surface area contributed by atoms with Gasteiger partial charge in [0.25, 0.3) is 5.91 Å². The van der Waals surface area contributed by atoms with Gasteiger partial charge in [0.1, 0.15) is 15.5 Å². The van der Waals surface area contributed by atoms with E-state index in [0.717, 1.165) is 17.1 Å². The number of carbonyl (C=O) groups excluding carboxylic acids is 2. The number of H-pyrrole nitrogens is 1. The molecule has 0 fully saturated rings. The molecule has 0 aliphatic heterocycles. The van der Waals surface area contributed by atoms with Gasteiger partial charge in [0.05, 0.1) is 25.0 Å². The van der Waals surface area contributed by atoms with E-state index >= 15 is 0 Å². The van der Waals surface area contributed by atoms with Crippen molar-refractivity contribution in [2.45, 2.75) is 20.0 Å². The molecule has 0 aliphatic rings. The Balaban J connectivity index is 1.63. The number of amides is 1. The SMILES string of the molecule is COC(=O)c1sc2nc(CN(C)Cc3ncc[nH]3)ccc2c1NC(=O)c1ccccc1C.